The van der Waals surface area contributed by atoms with Gasteiger partial charge in [0.25, 0.3) is 0 Å². The van der Waals surface area contributed by atoms with E-state index in [1.54, 1.807) is 60.6 Å². The number of nitrogens with zero attached hydrogens (tertiary/aromatic N) is 1. The molecule has 260 valence electrons. The SMILES string of the molecule is CCCCN(C(=O)C(CC(C)C)NC(=O)OC(C)(C)C)C(C(=O)NC(Cc1ccccc1)C(=O)OC(C)(C)C)c1ccc(O)c(C)c1. The van der Waals surface area contributed by atoms with Gasteiger partial charge in [-0.05, 0) is 96.0 Å². The lowest BCUT2D eigenvalue weighted by Gasteiger charge is -2.36. The smallest absolute Gasteiger partial charge is 0.408 e. The van der Waals surface area contributed by atoms with Crippen LogP contribution >= 0.6 is 0 Å². The number of esters is 1. The van der Waals surface area contributed by atoms with Gasteiger partial charge in [-0.3, -0.25) is 9.59 Å². The van der Waals surface area contributed by atoms with Crippen molar-refractivity contribution in [3.8, 4) is 5.75 Å². The van der Waals surface area contributed by atoms with E-state index in [0.29, 0.717) is 24.0 Å². The standard InChI is InChI=1S/C37H55N3O7/c1-11-12-20-40(33(43)28(21-24(2)3)39-35(45)47-37(8,9)10)31(27-18-19-30(41)25(4)22-27)32(42)38-29(34(44)46-36(5,6)7)23-26-16-14-13-15-17-26/h13-19,22,24,28-29,31,41H,11-12,20-21,23H2,1-10H3,(H,38,42)(H,39,45). The number of ether oxygens (including phenoxy) is 2. The summed E-state index contributed by atoms with van der Waals surface area (Å²) in [6.45, 7) is 18.3. The van der Waals surface area contributed by atoms with Crippen molar-refractivity contribution in [1.29, 1.82) is 0 Å². The molecule has 3 N–H and O–H groups in total. The quantitative estimate of drug-likeness (QED) is 0.202. The largest absolute Gasteiger partial charge is 0.508 e. The minimum atomic E-state index is -1.19. The molecule has 0 heterocycles. The highest BCUT2D eigenvalue weighted by atomic mass is 16.6. The summed E-state index contributed by atoms with van der Waals surface area (Å²) in [7, 11) is 0. The summed E-state index contributed by atoms with van der Waals surface area (Å²) < 4.78 is 11.2. The molecule has 0 saturated carbocycles. The van der Waals surface area contributed by atoms with Gasteiger partial charge < -0.3 is 30.1 Å². The van der Waals surface area contributed by atoms with Gasteiger partial charge in [0.05, 0.1) is 0 Å². The van der Waals surface area contributed by atoms with Crippen molar-refractivity contribution >= 4 is 23.9 Å². The zero-order valence-corrected chi connectivity index (χ0v) is 29.8. The van der Waals surface area contributed by atoms with Crippen molar-refractivity contribution in [3.63, 3.8) is 0 Å². The number of rotatable bonds is 14. The Morgan fingerprint density at radius 3 is 2.02 bits per heavy atom. The van der Waals surface area contributed by atoms with Crippen LogP contribution in [-0.2, 0) is 30.3 Å². The number of hydrogen-bond acceptors (Lipinski definition) is 7. The average molecular weight is 654 g/mol. The third-order valence-electron chi connectivity index (χ3n) is 7.12. The summed E-state index contributed by atoms with van der Waals surface area (Å²) in [4.78, 5) is 56.8. The first kappa shape index (κ1) is 39.1. The number of phenols is 1. The second-order valence-electron chi connectivity index (χ2n) is 14.4. The number of nitrogens with one attached hydrogen (secondary N) is 2. The van der Waals surface area contributed by atoms with Crippen LogP contribution in [-0.4, -0.2) is 63.7 Å². The van der Waals surface area contributed by atoms with Gasteiger partial charge in [-0.2, -0.15) is 0 Å². The molecule has 0 saturated heterocycles. The second kappa shape index (κ2) is 17.2. The molecule has 3 atom stereocenters. The highest BCUT2D eigenvalue weighted by molar-refractivity contribution is 5.94. The fourth-order valence-corrected chi connectivity index (χ4v) is 5.03. The van der Waals surface area contributed by atoms with Gasteiger partial charge in [-0.15, -0.1) is 0 Å². The van der Waals surface area contributed by atoms with Gasteiger partial charge in [0.2, 0.25) is 11.8 Å². The summed E-state index contributed by atoms with van der Waals surface area (Å²) in [5, 5.41) is 16.0. The third-order valence-corrected chi connectivity index (χ3v) is 7.12. The van der Waals surface area contributed by atoms with E-state index >= 15 is 0 Å². The Kier molecular flexibility index (Phi) is 14.3. The normalized spacial score (nSPS) is 13.7. The van der Waals surface area contributed by atoms with E-state index in [0.717, 1.165) is 12.0 Å². The molecule has 0 bridgehead atoms. The maximum absolute atomic E-state index is 14.5. The maximum Gasteiger partial charge on any atom is 0.408 e. The lowest BCUT2D eigenvalue weighted by Crippen LogP contribution is -2.55. The van der Waals surface area contributed by atoms with Crippen LogP contribution in [0.2, 0.25) is 0 Å². The first-order valence-electron chi connectivity index (χ1n) is 16.5. The Labute approximate surface area is 280 Å². The lowest BCUT2D eigenvalue weighted by molar-refractivity contribution is -0.159. The number of benzene rings is 2. The zero-order chi connectivity index (χ0) is 35.5. The topological polar surface area (TPSA) is 134 Å². The van der Waals surface area contributed by atoms with Gasteiger partial charge in [-0.25, -0.2) is 9.59 Å². The van der Waals surface area contributed by atoms with Crippen molar-refractivity contribution in [2.75, 3.05) is 6.54 Å². The van der Waals surface area contributed by atoms with Crippen LogP contribution in [0.25, 0.3) is 0 Å². The Bertz CT molecular complexity index is 1350. The van der Waals surface area contributed by atoms with E-state index in [1.807, 2.05) is 51.1 Å². The van der Waals surface area contributed by atoms with Crippen LogP contribution in [0.3, 0.4) is 0 Å². The van der Waals surface area contributed by atoms with Crippen molar-refractivity contribution in [3.05, 3.63) is 65.2 Å². The molecule has 0 aromatic heterocycles. The third kappa shape index (κ3) is 13.3. The minimum Gasteiger partial charge on any atom is -0.508 e. The molecule has 0 aliphatic heterocycles. The number of aryl methyl sites for hydroxylation is 1. The van der Waals surface area contributed by atoms with E-state index in [1.165, 1.54) is 11.0 Å². The molecule has 0 aliphatic rings. The Morgan fingerprint density at radius 1 is 0.872 bits per heavy atom. The van der Waals surface area contributed by atoms with E-state index in [9.17, 15) is 24.3 Å². The van der Waals surface area contributed by atoms with Crippen LogP contribution in [0.15, 0.2) is 48.5 Å². The number of aromatic hydroxyl groups is 1. The molecule has 2 rings (SSSR count). The molecule has 0 spiro atoms. The van der Waals surface area contributed by atoms with Gasteiger partial charge in [0, 0.05) is 13.0 Å². The number of carbonyl (C=O) groups is 4. The van der Waals surface area contributed by atoms with E-state index < -0.39 is 53.2 Å². The first-order valence-corrected chi connectivity index (χ1v) is 16.5. The Hall–Kier alpha value is -4.08. The first-order chi connectivity index (χ1) is 21.8. The van der Waals surface area contributed by atoms with Crippen LogP contribution < -0.4 is 10.6 Å². The number of alkyl carbamates (subject to hydrolysis) is 1. The number of hydrogen-bond donors (Lipinski definition) is 3. The number of carbonyl (C=O) groups excluding carboxylic acids is 4. The molecule has 47 heavy (non-hydrogen) atoms. The predicted octanol–water partition coefficient (Wildman–Crippen LogP) is 6.38. The molecular formula is C37H55N3O7. The van der Waals surface area contributed by atoms with Crippen LogP contribution in [0.5, 0.6) is 5.75 Å². The van der Waals surface area contributed by atoms with Crippen LogP contribution in [0.1, 0.15) is 104 Å². The number of phenolic OH excluding ortho intramolecular Hbond substituents is 1. The predicted molar refractivity (Wildman–Crippen MR) is 183 cm³/mol. The fourth-order valence-electron chi connectivity index (χ4n) is 5.03. The summed E-state index contributed by atoms with van der Waals surface area (Å²) >= 11 is 0. The number of unbranched alkanes of at least 4 members (excludes halogenated alkanes) is 1. The zero-order valence-electron chi connectivity index (χ0n) is 29.8. The minimum absolute atomic E-state index is 0.0255. The van der Waals surface area contributed by atoms with Crippen molar-refractivity contribution in [2.24, 2.45) is 5.92 Å². The Balaban J connectivity index is 2.64. The molecule has 10 heteroatoms. The van der Waals surface area contributed by atoms with E-state index in [-0.39, 0.29) is 24.6 Å². The molecule has 0 radical (unpaired) electrons. The maximum atomic E-state index is 14.5. The summed E-state index contributed by atoms with van der Waals surface area (Å²) in [6, 6.07) is 10.8. The Morgan fingerprint density at radius 2 is 1.49 bits per heavy atom. The van der Waals surface area contributed by atoms with Crippen molar-refractivity contribution in [1.82, 2.24) is 15.5 Å². The molecule has 3 amide bonds. The highest BCUT2D eigenvalue weighted by Gasteiger charge is 2.38. The summed E-state index contributed by atoms with van der Waals surface area (Å²) in [5.74, 6) is -1.59. The monoisotopic (exact) mass is 653 g/mol. The molecule has 0 fully saturated rings. The van der Waals surface area contributed by atoms with Gasteiger partial charge >= 0.3 is 12.1 Å². The van der Waals surface area contributed by atoms with Crippen LogP contribution in [0.4, 0.5) is 4.79 Å². The summed E-state index contributed by atoms with van der Waals surface area (Å²) in [5.41, 5.74) is 0.203. The van der Waals surface area contributed by atoms with E-state index in [4.69, 9.17) is 9.47 Å². The fraction of sp³-hybridized carbons (Fsp3) is 0.568. The van der Waals surface area contributed by atoms with E-state index in [2.05, 4.69) is 10.6 Å². The van der Waals surface area contributed by atoms with Gasteiger partial charge in [0.15, 0.2) is 0 Å². The van der Waals surface area contributed by atoms with Gasteiger partial charge in [-0.1, -0.05) is 63.6 Å². The molecule has 0 aliphatic carbocycles. The molecule has 3 unspecified atom stereocenters. The highest BCUT2D eigenvalue weighted by Crippen LogP contribution is 2.29. The van der Waals surface area contributed by atoms with Crippen molar-refractivity contribution in [2.45, 2.75) is 124 Å². The summed E-state index contributed by atoms with van der Waals surface area (Å²) in [6.07, 6.45) is 1.05. The lowest BCUT2D eigenvalue weighted by atomic mass is 9.97. The second-order valence-corrected chi connectivity index (χ2v) is 14.4. The molecule has 10 nitrogen and oxygen atoms in total. The van der Waals surface area contributed by atoms with Crippen molar-refractivity contribution < 1.29 is 33.8 Å². The molecule has 2 aromatic rings. The van der Waals surface area contributed by atoms with Crippen LogP contribution in [0, 0.1) is 12.8 Å². The molecule has 2 aromatic carbocycles. The van der Waals surface area contributed by atoms with Gasteiger partial charge in [0.1, 0.15) is 35.1 Å². The number of amides is 3. The molecular weight excluding hydrogens is 598 g/mol. The average Bonchev–Trinajstić information content (AvgIpc) is 2.94.